The summed E-state index contributed by atoms with van der Waals surface area (Å²) in [5.41, 5.74) is 0.636. The molecule has 7 unspecified atom stereocenters. The monoisotopic (exact) mass is 1920 g/mol. The lowest BCUT2D eigenvalue weighted by molar-refractivity contribution is -0.262. The van der Waals surface area contributed by atoms with Crippen molar-refractivity contribution >= 4 is 94.7 Å². The molecule has 16 atom stereocenters. The van der Waals surface area contributed by atoms with E-state index in [1.807, 2.05) is 54.6 Å². The number of nitrogens with zero attached hydrogens (tertiary/aromatic N) is 2. The Hall–Kier alpha value is -11.1. The summed E-state index contributed by atoms with van der Waals surface area (Å²) < 4.78 is 93.7. The molecule has 3 aromatic carbocycles. The molecule has 0 spiro atoms. The molecule has 39 heteroatoms. The van der Waals surface area contributed by atoms with Crippen molar-refractivity contribution in [2.45, 2.75) is 291 Å². The average molecular weight is 1920 g/mol. The molecule has 3 aliphatic rings. The number of ether oxygens (including phenoxy) is 16. The number of methoxy groups -OCH3 is 2. The first-order chi connectivity index (χ1) is 64.8. The van der Waals surface area contributed by atoms with E-state index in [-0.39, 0.29) is 173 Å². The molecule has 7 amide bonds. The summed E-state index contributed by atoms with van der Waals surface area (Å²) >= 11 is 0. The van der Waals surface area contributed by atoms with Crippen molar-refractivity contribution in [2.75, 3.05) is 99.7 Å². The van der Waals surface area contributed by atoms with Gasteiger partial charge in [0.1, 0.15) is 91.2 Å². The fourth-order valence-corrected chi connectivity index (χ4v) is 16.3. The summed E-state index contributed by atoms with van der Waals surface area (Å²) in [6.45, 7) is 17.2. The highest BCUT2D eigenvalue weighted by Crippen LogP contribution is 2.43. The van der Waals surface area contributed by atoms with Gasteiger partial charge in [0.25, 0.3) is 0 Å². The Balaban J connectivity index is 1.20. The summed E-state index contributed by atoms with van der Waals surface area (Å²) in [5.74, 6) is -8.02. The number of benzene rings is 3. The zero-order chi connectivity index (χ0) is 100.0. The van der Waals surface area contributed by atoms with Gasteiger partial charge in [0.15, 0.2) is 18.9 Å². The molecular weight excluding hydrogens is 1780 g/mol. The molecule has 3 aromatic rings. The van der Waals surface area contributed by atoms with Crippen molar-refractivity contribution in [1.29, 1.82) is 0 Å². The van der Waals surface area contributed by atoms with Crippen molar-refractivity contribution in [2.24, 2.45) is 17.8 Å². The van der Waals surface area contributed by atoms with Crippen LogP contribution in [0.5, 0.6) is 11.5 Å². The minimum atomic E-state index is -1.38. The van der Waals surface area contributed by atoms with Gasteiger partial charge in [0, 0.05) is 178 Å². The third kappa shape index (κ3) is 39.5. The minimum Gasteiger partial charge on any atom is -0.497 e. The molecule has 3 heterocycles. The van der Waals surface area contributed by atoms with Gasteiger partial charge < -0.3 is 117 Å². The second-order valence-corrected chi connectivity index (χ2v) is 34.2. The molecule has 3 fully saturated rings. The van der Waals surface area contributed by atoms with Crippen LogP contribution >= 0.6 is 0 Å². The average Bonchev–Trinajstić information content (AvgIpc) is 0.736. The van der Waals surface area contributed by atoms with Crippen LogP contribution in [0.1, 0.15) is 222 Å². The topological polar surface area (TPSA) is 487 Å². The molecule has 0 aromatic heterocycles. The number of hydrogen-bond acceptors (Lipinski definition) is 32. The van der Waals surface area contributed by atoms with Crippen LogP contribution in [-0.2, 0) is 149 Å². The number of carbonyl (C=O) groups is 16. The number of esters is 7. The Labute approximate surface area is 795 Å². The minimum absolute atomic E-state index is 0.0153. The van der Waals surface area contributed by atoms with Crippen LogP contribution in [-0.4, -0.2) is 284 Å². The van der Waals surface area contributed by atoms with Gasteiger partial charge in [-0.1, -0.05) is 75.4 Å². The molecule has 6 rings (SSSR count). The highest BCUT2D eigenvalue weighted by Gasteiger charge is 2.51. The number of Topliss-reactive ketones (excluding diaryl/α,β-unsaturated/α-hetero) is 2. The molecule has 5 N–H and O–H groups in total. The Morgan fingerprint density at radius 2 is 0.765 bits per heavy atom. The number of ketones is 2. The maximum Gasteiger partial charge on any atom is 0.306 e. The van der Waals surface area contributed by atoms with Crippen LogP contribution in [0.4, 0.5) is 0 Å². The van der Waals surface area contributed by atoms with Crippen LogP contribution in [0.15, 0.2) is 78.9 Å². The second-order valence-electron chi connectivity index (χ2n) is 34.2. The first kappa shape index (κ1) is 114. The summed E-state index contributed by atoms with van der Waals surface area (Å²) in [6.07, 6.45) is -7.17. The van der Waals surface area contributed by atoms with Gasteiger partial charge in [-0.15, -0.1) is 0 Å². The van der Waals surface area contributed by atoms with Gasteiger partial charge in [-0.05, 0) is 112 Å². The van der Waals surface area contributed by atoms with Crippen molar-refractivity contribution in [3.63, 3.8) is 0 Å². The fraction of sp³-hybridized carbons (Fsp3) is 0.649. The zero-order valence-corrected chi connectivity index (χ0v) is 81.1. The molecule has 0 radical (unpaired) electrons. The standard InChI is InChI=1S/C97H141N7O32/c1-60(105)35-46-87(120)133-79(56-129-97(73-29-17-16-18-30-73,74-36-40-77(121-14)41-37-74)75-38-42-78(122-15)43-39-75)55-99-84(117)44-45-86(119)104(49-27-47-98-83(116)33-21-25-53-124-95-89(101-65(6)107)62(3)92(131-71(12)113)81(135-95)58-127-68(9)110)51-28-50-103(85(118)34-22-26-54-125-96-90(102-66(7)108)63(4)93(132-72(13)114)82(136-96)59-128-69(10)111)48-23-19-31-76(115)32-20-24-52-123-94-88(100-64(5)106)61(2)91(130-70(11)112)80(134-94)57-126-67(8)109/h16-18,29-30,36-43,61-63,79-82,88-96H,19-28,31-35,44-59H2,1-15H3,(H,98,116)(H,99,117)(H,100,106)(H,101,107)(H,102,108)/t61-,62-,63-,79?,80?,81?,82?,88?,89?,90?,91-,92-,93-,94-,95-,96-/m1/s1. The molecule has 0 saturated carbocycles. The second kappa shape index (κ2) is 59.8. The van der Waals surface area contributed by atoms with Gasteiger partial charge in [0.2, 0.25) is 41.4 Å². The van der Waals surface area contributed by atoms with Crippen molar-refractivity contribution < 1.29 is 153 Å². The Morgan fingerprint density at radius 1 is 0.390 bits per heavy atom. The normalized spacial score (nSPS) is 21.5. The van der Waals surface area contributed by atoms with E-state index in [0.717, 1.165) is 0 Å². The lowest BCUT2D eigenvalue weighted by atomic mass is 9.80. The number of amides is 7. The van der Waals surface area contributed by atoms with Gasteiger partial charge in [0.05, 0.1) is 51.9 Å². The van der Waals surface area contributed by atoms with Gasteiger partial charge in [-0.25, -0.2) is 0 Å². The Kier molecular flexibility index (Phi) is 50.0. The number of rotatable bonds is 60. The smallest absolute Gasteiger partial charge is 0.306 e. The van der Waals surface area contributed by atoms with E-state index in [1.54, 1.807) is 69.1 Å². The quantitative estimate of drug-likeness (QED) is 0.0162. The fourth-order valence-electron chi connectivity index (χ4n) is 16.3. The third-order valence-electron chi connectivity index (χ3n) is 23.2. The molecule has 136 heavy (non-hydrogen) atoms. The van der Waals surface area contributed by atoms with E-state index in [1.165, 1.54) is 69.2 Å². The third-order valence-corrected chi connectivity index (χ3v) is 23.2. The first-order valence-corrected chi connectivity index (χ1v) is 46.6. The predicted octanol–water partition coefficient (Wildman–Crippen LogP) is 7.12. The highest BCUT2D eigenvalue weighted by atomic mass is 16.7. The summed E-state index contributed by atoms with van der Waals surface area (Å²) in [6, 6.07) is 21.5. The van der Waals surface area contributed by atoms with Crippen LogP contribution in [0, 0.1) is 17.8 Å². The number of unbranched alkanes of at least 4 members (excludes halogenated alkanes) is 4. The van der Waals surface area contributed by atoms with Crippen LogP contribution in [0.3, 0.4) is 0 Å². The summed E-state index contributed by atoms with van der Waals surface area (Å²) in [7, 11) is 3.09. The molecule has 3 saturated heterocycles. The SMILES string of the molecule is COc1ccc(C(OCC(CNC(=O)CCC(=O)N(CCCNC(=O)CCCCO[C@@H]2OC(COC(C)=O)[C@H](OC(C)=O)[C@H](C)C2NC(C)=O)CCCN(CCCCC(=O)CCCCO[C@@H]2OC(COC(C)=O)[C@H](OC(C)=O)[C@H](C)C2NC(C)=O)C(=O)CCCCO[C@@H]2OC(COC(C)=O)[C@H](OC(C)=O)[C@H](C)C2NC(C)=O)OC(=O)CCC(C)=O)(c2ccccc2)c2ccc(OC)cc2)cc1. The number of nitrogens with one attached hydrogen (secondary N) is 5. The van der Waals surface area contributed by atoms with Crippen LogP contribution in [0.2, 0.25) is 0 Å². The molecule has 3 aliphatic heterocycles. The molecule has 756 valence electrons. The molecule has 39 nitrogen and oxygen atoms in total. The van der Waals surface area contributed by atoms with E-state index in [4.69, 9.17) is 75.8 Å². The largest absolute Gasteiger partial charge is 0.497 e. The van der Waals surface area contributed by atoms with Crippen molar-refractivity contribution in [1.82, 2.24) is 36.4 Å². The maximum atomic E-state index is 14.8. The van der Waals surface area contributed by atoms with E-state index < -0.39 is 174 Å². The highest BCUT2D eigenvalue weighted by molar-refractivity contribution is 5.84. The Morgan fingerprint density at radius 3 is 1.16 bits per heavy atom. The van der Waals surface area contributed by atoms with Crippen molar-refractivity contribution in [3.8, 4) is 11.5 Å². The van der Waals surface area contributed by atoms with E-state index in [0.29, 0.717) is 79.6 Å². The summed E-state index contributed by atoms with van der Waals surface area (Å²) in [5, 5.41) is 14.2. The lowest BCUT2D eigenvalue weighted by Gasteiger charge is -2.44. The first-order valence-electron chi connectivity index (χ1n) is 46.6. The van der Waals surface area contributed by atoms with Gasteiger partial charge in [-0.2, -0.15) is 0 Å². The number of hydrogen-bond donors (Lipinski definition) is 5. The van der Waals surface area contributed by atoms with Gasteiger partial charge in [-0.3, -0.25) is 71.9 Å². The van der Waals surface area contributed by atoms with Crippen LogP contribution in [0.25, 0.3) is 0 Å². The predicted molar refractivity (Wildman–Crippen MR) is 487 cm³/mol. The molecular formula is C97H141N7O32. The molecule has 0 aliphatic carbocycles. The van der Waals surface area contributed by atoms with E-state index in [2.05, 4.69) is 26.6 Å². The Bertz CT molecular complexity index is 4300. The lowest BCUT2D eigenvalue weighted by Crippen LogP contribution is -2.62. The van der Waals surface area contributed by atoms with E-state index in [9.17, 15) is 76.7 Å². The zero-order valence-electron chi connectivity index (χ0n) is 81.1. The van der Waals surface area contributed by atoms with Crippen LogP contribution < -0.4 is 36.1 Å². The van der Waals surface area contributed by atoms with Crippen molar-refractivity contribution in [3.05, 3.63) is 95.6 Å². The number of carbonyl (C=O) groups excluding carboxylic acids is 16. The maximum absolute atomic E-state index is 14.8. The molecule has 0 bridgehead atoms. The summed E-state index contributed by atoms with van der Waals surface area (Å²) in [4.78, 5) is 209. The van der Waals surface area contributed by atoms with Gasteiger partial charge >= 0.3 is 41.8 Å². The van der Waals surface area contributed by atoms with E-state index >= 15 is 0 Å².